The van der Waals surface area contributed by atoms with E-state index in [0.29, 0.717) is 16.0 Å². The number of hydrogen-bond donors (Lipinski definition) is 0. The molecule has 0 atom stereocenters. The molecule has 0 aliphatic heterocycles. The number of esters is 1. The van der Waals surface area contributed by atoms with Gasteiger partial charge >= 0.3 is 5.97 Å². The van der Waals surface area contributed by atoms with Gasteiger partial charge in [-0.05, 0) is 12.1 Å². The van der Waals surface area contributed by atoms with Gasteiger partial charge in [0.25, 0.3) is 0 Å². The molecule has 0 aliphatic rings. The summed E-state index contributed by atoms with van der Waals surface area (Å²) < 4.78 is 9.91. The molecule has 1 heterocycles. The third-order valence-corrected chi connectivity index (χ3v) is 2.52. The van der Waals surface area contributed by atoms with Gasteiger partial charge in [-0.1, -0.05) is 11.6 Å². The molecule has 0 bridgehead atoms. The number of ether oxygens (including phenoxy) is 1. The third kappa shape index (κ3) is 2.47. The van der Waals surface area contributed by atoms with Crippen molar-refractivity contribution in [1.29, 1.82) is 0 Å². The van der Waals surface area contributed by atoms with E-state index in [2.05, 4.69) is 4.74 Å². The second kappa shape index (κ2) is 4.59. The van der Waals surface area contributed by atoms with Gasteiger partial charge in [0.05, 0.1) is 12.5 Å². The van der Waals surface area contributed by atoms with Crippen molar-refractivity contribution in [2.75, 3.05) is 7.11 Å². The third-order valence-electron chi connectivity index (χ3n) is 2.29. The molecule has 0 N–H and O–H groups in total. The zero-order valence-corrected chi connectivity index (χ0v) is 9.78. The number of benzene rings is 1. The number of carbonyl (C=O) groups is 1. The lowest BCUT2D eigenvalue weighted by molar-refractivity contribution is -0.140. The number of carbonyl (C=O) groups excluding carboxylic acids is 1. The first-order valence-electron chi connectivity index (χ1n) is 4.89. The van der Waals surface area contributed by atoms with E-state index in [9.17, 15) is 9.59 Å². The summed E-state index contributed by atoms with van der Waals surface area (Å²) >= 11 is 5.80. The lowest BCUT2D eigenvalue weighted by Gasteiger charge is -2.02. The van der Waals surface area contributed by atoms with Crippen LogP contribution in [0.4, 0.5) is 0 Å². The minimum atomic E-state index is -0.463. The molecular formula is C12H9ClO4. The van der Waals surface area contributed by atoms with Gasteiger partial charge in [0.1, 0.15) is 17.8 Å². The van der Waals surface area contributed by atoms with E-state index < -0.39 is 5.97 Å². The molecule has 1 aromatic carbocycles. The first-order valence-corrected chi connectivity index (χ1v) is 5.27. The Hall–Kier alpha value is -1.81. The Balaban J connectivity index is 2.54. The SMILES string of the molecule is COC(=O)Cc1cc(=O)c2ccc(Cl)cc2o1. The summed E-state index contributed by atoms with van der Waals surface area (Å²) in [5, 5.41) is 0.902. The number of rotatable bonds is 2. The maximum absolute atomic E-state index is 11.7. The van der Waals surface area contributed by atoms with Crippen LogP contribution in [0.1, 0.15) is 5.76 Å². The smallest absolute Gasteiger partial charge is 0.313 e. The van der Waals surface area contributed by atoms with Crippen LogP contribution in [0, 0.1) is 0 Å². The average Bonchev–Trinajstić information content (AvgIpc) is 2.28. The number of hydrogen-bond acceptors (Lipinski definition) is 4. The van der Waals surface area contributed by atoms with Gasteiger partial charge in [-0.25, -0.2) is 0 Å². The first-order chi connectivity index (χ1) is 8.10. The van der Waals surface area contributed by atoms with E-state index >= 15 is 0 Å². The standard InChI is InChI=1S/C12H9ClO4/c1-16-12(15)6-8-5-10(14)9-3-2-7(13)4-11(9)17-8/h2-5H,6H2,1H3. The predicted molar refractivity (Wildman–Crippen MR) is 63.2 cm³/mol. The molecule has 5 heteroatoms. The minimum absolute atomic E-state index is 0.0752. The topological polar surface area (TPSA) is 56.5 Å². The van der Waals surface area contributed by atoms with E-state index in [-0.39, 0.29) is 17.6 Å². The van der Waals surface area contributed by atoms with Gasteiger partial charge in [-0.2, -0.15) is 0 Å². The normalized spacial score (nSPS) is 10.5. The molecule has 0 unspecified atom stereocenters. The van der Waals surface area contributed by atoms with Gasteiger partial charge in [0.2, 0.25) is 0 Å². The lowest BCUT2D eigenvalue weighted by atomic mass is 10.2. The highest BCUT2D eigenvalue weighted by Crippen LogP contribution is 2.18. The van der Waals surface area contributed by atoms with Crippen molar-refractivity contribution in [3.63, 3.8) is 0 Å². The minimum Gasteiger partial charge on any atom is -0.469 e. The fourth-order valence-corrected chi connectivity index (χ4v) is 1.64. The monoisotopic (exact) mass is 252 g/mol. The zero-order chi connectivity index (χ0) is 12.4. The Morgan fingerprint density at radius 3 is 2.88 bits per heavy atom. The molecule has 0 aliphatic carbocycles. The molecule has 0 saturated heterocycles. The van der Waals surface area contributed by atoms with Crippen LogP contribution in [0.15, 0.2) is 33.5 Å². The van der Waals surface area contributed by atoms with Crippen LogP contribution in [0.5, 0.6) is 0 Å². The van der Waals surface area contributed by atoms with E-state index in [1.165, 1.54) is 13.2 Å². The van der Waals surface area contributed by atoms with Crippen LogP contribution in [-0.4, -0.2) is 13.1 Å². The van der Waals surface area contributed by atoms with E-state index in [0.717, 1.165) is 0 Å². The van der Waals surface area contributed by atoms with Crippen LogP contribution >= 0.6 is 11.6 Å². The van der Waals surface area contributed by atoms with Crippen LogP contribution in [0.2, 0.25) is 5.02 Å². The highest BCUT2D eigenvalue weighted by atomic mass is 35.5. The second-order valence-corrected chi connectivity index (χ2v) is 3.91. The molecular weight excluding hydrogens is 244 g/mol. The highest BCUT2D eigenvalue weighted by molar-refractivity contribution is 6.31. The first kappa shape index (κ1) is 11.7. The number of methoxy groups -OCH3 is 1. The Kier molecular flexibility index (Phi) is 3.15. The summed E-state index contributed by atoms with van der Waals surface area (Å²) in [5.41, 5.74) is 0.158. The molecule has 1 aromatic heterocycles. The lowest BCUT2D eigenvalue weighted by Crippen LogP contribution is -2.08. The summed E-state index contributed by atoms with van der Waals surface area (Å²) in [6.07, 6.45) is -0.0752. The summed E-state index contributed by atoms with van der Waals surface area (Å²) in [6, 6.07) is 6.03. The summed E-state index contributed by atoms with van der Waals surface area (Å²) in [4.78, 5) is 22.8. The van der Waals surface area contributed by atoms with Gasteiger partial charge in [-0.3, -0.25) is 9.59 Å². The van der Waals surface area contributed by atoms with Crippen molar-refractivity contribution in [3.05, 3.63) is 45.3 Å². The van der Waals surface area contributed by atoms with Crippen LogP contribution < -0.4 is 5.43 Å². The second-order valence-electron chi connectivity index (χ2n) is 3.47. The van der Waals surface area contributed by atoms with Gasteiger partial charge in [0, 0.05) is 17.2 Å². The Labute approximate surface area is 102 Å². The largest absolute Gasteiger partial charge is 0.469 e. The van der Waals surface area contributed by atoms with Crippen molar-refractivity contribution in [3.8, 4) is 0 Å². The molecule has 17 heavy (non-hydrogen) atoms. The van der Waals surface area contributed by atoms with Crippen LogP contribution in [-0.2, 0) is 16.0 Å². The van der Waals surface area contributed by atoms with E-state index in [4.69, 9.17) is 16.0 Å². The molecule has 0 spiro atoms. The fourth-order valence-electron chi connectivity index (χ4n) is 1.48. The Morgan fingerprint density at radius 2 is 2.18 bits per heavy atom. The average molecular weight is 253 g/mol. The van der Waals surface area contributed by atoms with Crippen LogP contribution in [0.25, 0.3) is 11.0 Å². The fraction of sp³-hybridized carbons (Fsp3) is 0.167. The molecule has 0 amide bonds. The zero-order valence-electron chi connectivity index (χ0n) is 9.03. The van der Waals surface area contributed by atoms with Crippen molar-refractivity contribution in [1.82, 2.24) is 0 Å². The number of fused-ring (bicyclic) bond motifs is 1. The Bertz CT molecular complexity index is 630. The maximum Gasteiger partial charge on any atom is 0.313 e. The van der Waals surface area contributed by atoms with Crippen molar-refractivity contribution in [2.45, 2.75) is 6.42 Å². The summed E-state index contributed by atoms with van der Waals surface area (Å²) in [5.74, 6) is -0.203. The van der Waals surface area contributed by atoms with E-state index in [1.54, 1.807) is 18.2 Å². The molecule has 0 radical (unpaired) electrons. The van der Waals surface area contributed by atoms with Crippen LogP contribution in [0.3, 0.4) is 0 Å². The quantitative estimate of drug-likeness (QED) is 0.769. The molecule has 2 rings (SSSR count). The predicted octanol–water partition coefficient (Wildman–Crippen LogP) is 2.16. The number of halogens is 1. The molecule has 2 aromatic rings. The summed E-state index contributed by atoms with van der Waals surface area (Å²) in [7, 11) is 1.28. The van der Waals surface area contributed by atoms with Crippen molar-refractivity contribution >= 4 is 28.5 Å². The van der Waals surface area contributed by atoms with Crippen molar-refractivity contribution < 1.29 is 13.9 Å². The van der Waals surface area contributed by atoms with Gasteiger partial charge in [-0.15, -0.1) is 0 Å². The highest BCUT2D eigenvalue weighted by Gasteiger charge is 2.09. The van der Waals surface area contributed by atoms with Gasteiger partial charge < -0.3 is 9.15 Å². The van der Waals surface area contributed by atoms with E-state index in [1.807, 2.05) is 0 Å². The summed E-state index contributed by atoms with van der Waals surface area (Å²) in [6.45, 7) is 0. The van der Waals surface area contributed by atoms with Crippen molar-refractivity contribution in [2.24, 2.45) is 0 Å². The Morgan fingerprint density at radius 1 is 1.41 bits per heavy atom. The van der Waals surface area contributed by atoms with Gasteiger partial charge in [0.15, 0.2) is 5.43 Å². The molecule has 88 valence electrons. The molecule has 0 saturated carbocycles. The molecule has 4 nitrogen and oxygen atoms in total. The maximum atomic E-state index is 11.7. The molecule has 0 fully saturated rings.